The Kier molecular flexibility index (Phi) is 6.03. The van der Waals surface area contributed by atoms with E-state index in [1.807, 2.05) is 23.7 Å². The number of aromatic nitrogens is 2. The molecule has 44 heavy (non-hydrogen) atoms. The highest BCUT2D eigenvalue weighted by molar-refractivity contribution is 5.94. The molecule has 0 N–H and O–H groups in total. The lowest BCUT2D eigenvalue weighted by molar-refractivity contribution is -0.0833. The maximum Gasteiger partial charge on any atom is 0.258 e. The van der Waals surface area contributed by atoms with Crippen molar-refractivity contribution >= 4 is 21.8 Å². The molecule has 0 amide bonds. The number of aryl methyl sites for hydroxylation is 2. The number of rotatable bonds is 4. The molecule has 10 nitrogen and oxygen atoms in total. The van der Waals surface area contributed by atoms with Crippen LogP contribution in [0.5, 0.6) is 34.6 Å². The van der Waals surface area contributed by atoms with E-state index in [1.54, 1.807) is 52.2 Å². The van der Waals surface area contributed by atoms with E-state index in [0.717, 1.165) is 5.39 Å². The first kappa shape index (κ1) is 28.4. The lowest BCUT2D eigenvalue weighted by atomic mass is 9.56. The third-order valence-corrected chi connectivity index (χ3v) is 10.2. The highest BCUT2D eigenvalue weighted by atomic mass is 16.5. The Morgan fingerprint density at radius 2 is 1.27 bits per heavy atom. The number of nitrogens with zero attached hydrogens (tertiary/aromatic N) is 2. The van der Waals surface area contributed by atoms with Crippen LogP contribution in [-0.4, -0.2) is 48.8 Å². The third-order valence-electron chi connectivity index (χ3n) is 10.2. The van der Waals surface area contributed by atoms with E-state index in [1.165, 1.54) is 0 Å². The van der Waals surface area contributed by atoms with Crippen LogP contribution in [0.3, 0.4) is 0 Å². The molecule has 2 aliphatic heterocycles. The fraction of sp³-hybridized carbons (Fsp3) is 0.471. The second kappa shape index (κ2) is 9.33. The fourth-order valence-corrected chi connectivity index (χ4v) is 8.52. The summed E-state index contributed by atoms with van der Waals surface area (Å²) in [6, 6.07) is 7.31. The van der Waals surface area contributed by atoms with Gasteiger partial charge in [0.15, 0.2) is 28.4 Å². The van der Waals surface area contributed by atoms with Gasteiger partial charge < -0.3 is 37.6 Å². The van der Waals surface area contributed by atoms with Gasteiger partial charge in [0.05, 0.1) is 45.0 Å². The molecule has 2 bridgehead atoms. The molecule has 232 valence electrons. The zero-order valence-corrected chi connectivity index (χ0v) is 26.6. The van der Waals surface area contributed by atoms with Crippen LogP contribution in [0, 0.1) is 5.92 Å². The summed E-state index contributed by atoms with van der Waals surface area (Å²) >= 11 is 0. The maximum atomic E-state index is 14.4. The van der Waals surface area contributed by atoms with E-state index in [4.69, 9.17) is 28.4 Å². The van der Waals surface area contributed by atoms with Gasteiger partial charge in [-0.2, -0.15) is 0 Å². The van der Waals surface area contributed by atoms with Crippen LogP contribution in [0.2, 0.25) is 0 Å². The van der Waals surface area contributed by atoms with Crippen molar-refractivity contribution in [2.75, 3.05) is 28.4 Å². The number of hydrogen-bond donors (Lipinski definition) is 0. The van der Waals surface area contributed by atoms with Crippen molar-refractivity contribution in [1.82, 2.24) is 9.13 Å². The quantitative estimate of drug-likeness (QED) is 0.321. The first-order chi connectivity index (χ1) is 20.9. The first-order valence-electron chi connectivity index (χ1n) is 14.8. The standard InChI is InChI=1S/C34H38N2O8/c1-33(2)24-18(22-27(37)16-10-12-20(39-6)29(41-8)25(16)36(5)32(22)44-33)14-34(3)15-19(24)23-28(43-34)17-11-13-21(40-7)30(42-9)26(17)35(4)31(23)38/h10-13,18-19,24H,14-15H2,1-9H3/t18-,19-,24-,34+/m1/s1. The smallest absolute Gasteiger partial charge is 0.258 e. The zero-order valence-electron chi connectivity index (χ0n) is 26.6. The molecule has 1 fully saturated rings. The minimum Gasteiger partial charge on any atom is -0.493 e. The zero-order chi connectivity index (χ0) is 31.5. The second-order valence-corrected chi connectivity index (χ2v) is 13.0. The van der Waals surface area contributed by atoms with Gasteiger partial charge in [0.1, 0.15) is 28.0 Å². The summed E-state index contributed by atoms with van der Waals surface area (Å²) in [6.07, 6.45) is 1.22. The van der Waals surface area contributed by atoms with Crippen LogP contribution in [0.4, 0.5) is 0 Å². The summed E-state index contributed by atoms with van der Waals surface area (Å²) < 4.78 is 39.8. The normalized spacial score (nSPS) is 24.4. The molecule has 4 heterocycles. The van der Waals surface area contributed by atoms with Gasteiger partial charge in [0.2, 0.25) is 5.88 Å². The summed E-state index contributed by atoms with van der Waals surface area (Å²) in [5.74, 6) is 2.51. The van der Waals surface area contributed by atoms with Crippen LogP contribution in [-0.2, 0) is 14.1 Å². The van der Waals surface area contributed by atoms with E-state index in [-0.39, 0.29) is 28.7 Å². The molecule has 1 aliphatic carbocycles. The van der Waals surface area contributed by atoms with Gasteiger partial charge in [0, 0.05) is 37.2 Å². The predicted molar refractivity (Wildman–Crippen MR) is 167 cm³/mol. The van der Waals surface area contributed by atoms with Crippen molar-refractivity contribution in [2.45, 2.75) is 56.7 Å². The molecular weight excluding hydrogens is 564 g/mol. The Morgan fingerprint density at radius 1 is 0.727 bits per heavy atom. The second-order valence-electron chi connectivity index (χ2n) is 13.0. The molecule has 0 spiro atoms. The molecule has 2 aromatic carbocycles. The van der Waals surface area contributed by atoms with Gasteiger partial charge in [-0.1, -0.05) is 0 Å². The summed E-state index contributed by atoms with van der Waals surface area (Å²) in [4.78, 5) is 28.7. The molecule has 3 aliphatic rings. The lowest BCUT2D eigenvalue weighted by Crippen LogP contribution is -2.58. The third kappa shape index (κ3) is 3.53. The van der Waals surface area contributed by atoms with Crippen LogP contribution in [0.15, 0.2) is 33.9 Å². The van der Waals surface area contributed by atoms with Crippen molar-refractivity contribution in [3.63, 3.8) is 0 Å². The Bertz CT molecular complexity index is 1980. The number of ether oxygens (including phenoxy) is 6. The summed E-state index contributed by atoms with van der Waals surface area (Å²) in [6.45, 7) is 6.20. The van der Waals surface area contributed by atoms with Crippen molar-refractivity contribution in [3.8, 4) is 34.6 Å². The van der Waals surface area contributed by atoms with Crippen molar-refractivity contribution in [2.24, 2.45) is 20.0 Å². The molecule has 4 atom stereocenters. The molecule has 1 saturated carbocycles. The summed E-state index contributed by atoms with van der Waals surface area (Å²) in [5.41, 5.74) is 0.839. The summed E-state index contributed by atoms with van der Waals surface area (Å²) in [5, 5.41) is 1.31. The van der Waals surface area contributed by atoms with Gasteiger partial charge in [-0.25, -0.2) is 0 Å². The Labute approximate surface area is 255 Å². The fourth-order valence-electron chi connectivity index (χ4n) is 8.52. The number of benzene rings is 2. The molecule has 0 saturated heterocycles. The van der Waals surface area contributed by atoms with E-state index in [0.29, 0.717) is 75.0 Å². The number of methoxy groups -OCH3 is 4. The van der Waals surface area contributed by atoms with Crippen molar-refractivity contribution in [3.05, 3.63) is 56.0 Å². The average Bonchev–Trinajstić information content (AvgIpc) is 2.99. The average molecular weight is 603 g/mol. The Hall–Kier alpha value is -4.34. The minimum absolute atomic E-state index is 0.105. The topological polar surface area (TPSA) is 99.4 Å². The van der Waals surface area contributed by atoms with Crippen LogP contribution in [0.25, 0.3) is 21.8 Å². The highest BCUT2D eigenvalue weighted by Gasteiger charge is 2.59. The summed E-state index contributed by atoms with van der Waals surface area (Å²) in [7, 11) is 9.92. The SMILES string of the molecule is COc1ccc2c(=O)c3c(n(C)c2c1OC)OC(C)(C)[C@@H]1[C@@H]3C[C@@]2(C)C[C@@H]1c1c(c3ccc(OC)c(OC)c3n(C)c1=O)O2. The lowest BCUT2D eigenvalue weighted by Gasteiger charge is -2.57. The largest absolute Gasteiger partial charge is 0.493 e. The van der Waals surface area contributed by atoms with Gasteiger partial charge in [-0.05, 0) is 57.9 Å². The predicted octanol–water partition coefficient (Wildman–Crippen LogP) is 5.02. The van der Waals surface area contributed by atoms with Gasteiger partial charge in [-0.3, -0.25) is 9.59 Å². The van der Waals surface area contributed by atoms with Gasteiger partial charge in [0.25, 0.3) is 5.56 Å². The van der Waals surface area contributed by atoms with Crippen LogP contribution < -0.4 is 39.4 Å². The minimum atomic E-state index is -0.722. The van der Waals surface area contributed by atoms with E-state index >= 15 is 0 Å². The van der Waals surface area contributed by atoms with Crippen molar-refractivity contribution in [1.29, 1.82) is 0 Å². The molecule has 0 unspecified atom stereocenters. The van der Waals surface area contributed by atoms with Gasteiger partial charge >= 0.3 is 0 Å². The van der Waals surface area contributed by atoms with E-state index < -0.39 is 11.2 Å². The van der Waals surface area contributed by atoms with E-state index in [2.05, 4.69) is 20.8 Å². The number of hydrogen-bond acceptors (Lipinski definition) is 8. The molecule has 7 rings (SSSR count). The van der Waals surface area contributed by atoms with E-state index in [9.17, 15) is 9.59 Å². The highest BCUT2D eigenvalue weighted by Crippen LogP contribution is 2.62. The molecular formula is C34H38N2O8. The Balaban J connectivity index is 1.51. The Morgan fingerprint density at radius 3 is 1.84 bits per heavy atom. The van der Waals surface area contributed by atoms with Crippen molar-refractivity contribution < 1.29 is 28.4 Å². The first-order valence-corrected chi connectivity index (χ1v) is 14.8. The van der Waals surface area contributed by atoms with Crippen LogP contribution >= 0.6 is 0 Å². The molecule has 4 aromatic rings. The molecule has 0 radical (unpaired) electrons. The molecule has 10 heteroatoms. The van der Waals surface area contributed by atoms with Crippen LogP contribution in [0.1, 0.15) is 56.6 Å². The van der Waals surface area contributed by atoms with Gasteiger partial charge in [-0.15, -0.1) is 0 Å². The molecule has 2 aromatic heterocycles. The number of pyridine rings is 2. The number of fused-ring (bicyclic) bond motifs is 11. The maximum absolute atomic E-state index is 14.4. The monoisotopic (exact) mass is 602 g/mol.